The van der Waals surface area contributed by atoms with Gasteiger partial charge in [-0.15, -0.1) is 11.3 Å². The second-order valence-corrected chi connectivity index (χ2v) is 4.26. The molecule has 0 aliphatic carbocycles. The molecule has 0 fully saturated rings. The molecule has 0 radical (unpaired) electrons. The number of pyridine rings is 1. The van der Waals surface area contributed by atoms with E-state index in [4.69, 9.17) is 5.73 Å². The van der Waals surface area contributed by atoms with E-state index in [1.54, 1.807) is 17.5 Å². The molecule has 2 rings (SSSR count). The van der Waals surface area contributed by atoms with Crippen LogP contribution in [-0.4, -0.2) is 16.5 Å². The van der Waals surface area contributed by atoms with Crippen molar-refractivity contribution in [2.24, 2.45) is 5.73 Å². The third kappa shape index (κ3) is 3.01. The SMILES string of the molecule is NCCc1csc(NCc2cccnc2)n1. The molecule has 0 bridgehead atoms. The van der Waals surface area contributed by atoms with Gasteiger partial charge in [-0.05, 0) is 18.2 Å². The van der Waals surface area contributed by atoms with Crippen molar-refractivity contribution < 1.29 is 0 Å². The van der Waals surface area contributed by atoms with E-state index in [1.807, 2.05) is 23.7 Å². The summed E-state index contributed by atoms with van der Waals surface area (Å²) in [5, 5.41) is 6.24. The van der Waals surface area contributed by atoms with Crippen LogP contribution in [0, 0.1) is 0 Å². The molecule has 2 heterocycles. The summed E-state index contributed by atoms with van der Waals surface area (Å²) in [6.45, 7) is 1.40. The molecule has 0 aliphatic rings. The van der Waals surface area contributed by atoms with Crippen molar-refractivity contribution in [1.82, 2.24) is 9.97 Å². The predicted octanol–water partition coefficient (Wildman–Crippen LogP) is 1.65. The maximum absolute atomic E-state index is 5.47. The van der Waals surface area contributed by atoms with Crippen molar-refractivity contribution in [1.29, 1.82) is 0 Å². The summed E-state index contributed by atoms with van der Waals surface area (Å²) < 4.78 is 0. The summed E-state index contributed by atoms with van der Waals surface area (Å²) in [7, 11) is 0. The molecule has 2 aromatic heterocycles. The van der Waals surface area contributed by atoms with Crippen molar-refractivity contribution in [2.75, 3.05) is 11.9 Å². The van der Waals surface area contributed by atoms with Crippen molar-refractivity contribution >= 4 is 16.5 Å². The highest BCUT2D eigenvalue weighted by atomic mass is 32.1. The van der Waals surface area contributed by atoms with Gasteiger partial charge in [0, 0.05) is 30.7 Å². The summed E-state index contributed by atoms with van der Waals surface area (Å²) in [5.74, 6) is 0. The molecular formula is C11H14N4S. The van der Waals surface area contributed by atoms with Gasteiger partial charge in [0.1, 0.15) is 0 Å². The first-order chi connectivity index (χ1) is 7.88. The maximum Gasteiger partial charge on any atom is 0.183 e. The lowest BCUT2D eigenvalue weighted by Crippen LogP contribution is -2.03. The molecule has 0 aliphatic heterocycles. The van der Waals surface area contributed by atoms with Crippen LogP contribution in [0.2, 0.25) is 0 Å². The molecule has 0 aromatic carbocycles. The fraction of sp³-hybridized carbons (Fsp3) is 0.273. The van der Waals surface area contributed by atoms with Crippen LogP contribution in [0.1, 0.15) is 11.3 Å². The van der Waals surface area contributed by atoms with Gasteiger partial charge in [0.25, 0.3) is 0 Å². The van der Waals surface area contributed by atoms with Crippen LogP contribution in [0.5, 0.6) is 0 Å². The minimum absolute atomic E-state index is 0.645. The summed E-state index contributed by atoms with van der Waals surface area (Å²) in [6, 6.07) is 3.97. The Hall–Kier alpha value is -1.46. The fourth-order valence-electron chi connectivity index (χ4n) is 1.33. The van der Waals surface area contributed by atoms with Crippen molar-refractivity contribution in [3.8, 4) is 0 Å². The van der Waals surface area contributed by atoms with Crippen LogP contribution in [0.15, 0.2) is 29.9 Å². The van der Waals surface area contributed by atoms with E-state index in [-0.39, 0.29) is 0 Å². The molecule has 5 heteroatoms. The highest BCUT2D eigenvalue weighted by molar-refractivity contribution is 7.13. The molecule has 16 heavy (non-hydrogen) atoms. The predicted molar refractivity (Wildman–Crippen MR) is 66.4 cm³/mol. The molecule has 0 amide bonds. The van der Waals surface area contributed by atoms with Crippen molar-refractivity contribution in [3.05, 3.63) is 41.2 Å². The van der Waals surface area contributed by atoms with Crippen LogP contribution in [-0.2, 0) is 13.0 Å². The Balaban J connectivity index is 1.89. The standard InChI is InChI=1S/C11H14N4S/c12-4-3-10-8-16-11(15-10)14-7-9-2-1-5-13-6-9/h1-2,5-6,8H,3-4,7,12H2,(H,14,15). The molecule has 0 atom stereocenters. The quantitative estimate of drug-likeness (QED) is 0.825. The van der Waals surface area contributed by atoms with Gasteiger partial charge in [-0.1, -0.05) is 6.07 Å². The number of anilines is 1. The molecule has 2 aromatic rings. The normalized spacial score (nSPS) is 10.3. The Morgan fingerprint density at radius 2 is 2.38 bits per heavy atom. The van der Waals surface area contributed by atoms with Gasteiger partial charge in [-0.3, -0.25) is 4.98 Å². The molecule has 0 spiro atoms. The minimum Gasteiger partial charge on any atom is -0.357 e. The molecular weight excluding hydrogens is 220 g/mol. The van der Waals surface area contributed by atoms with Gasteiger partial charge in [0.05, 0.1) is 5.69 Å². The van der Waals surface area contributed by atoms with E-state index in [2.05, 4.69) is 15.3 Å². The fourth-order valence-corrected chi connectivity index (χ4v) is 2.07. The summed E-state index contributed by atoms with van der Waals surface area (Å²) in [4.78, 5) is 8.48. The molecule has 84 valence electrons. The van der Waals surface area contributed by atoms with Crippen molar-refractivity contribution in [3.63, 3.8) is 0 Å². The monoisotopic (exact) mass is 234 g/mol. The zero-order valence-electron chi connectivity index (χ0n) is 8.89. The lowest BCUT2D eigenvalue weighted by Gasteiger charge is -2.01. The first kappa shape index (κ1) is 11.0. The van der Waals surface area contributed by atoms with Gasteiger partial charge >= 0.3 is 0 Å². The first-order valence-corrected chi connectivity index (χ1v) is 6.03. The van der Waals surface area contributed by atoms with Crippen molar-refractivity contribution in [2.45, 2.75) is 13.0 Å². The Bertz CT molecular complexity index is 427. The molecule has 4 nitrogen and oxygen atoms in total. The third-order valence-corrected chi connectivity index (χ3v) is 2.97. The molecule has 0 saturated carbocycles. The Labute approximate surface area is 98.6 Å². The summed E-state index contributed by atoms with van der Waals surface area (Å²) in [5.41, 5.74) is 7.68. The number of rotatable bonds is 5. The Morgan fingerprint density at radius 1 is 1.44 bits per heavy atom. The summed E-state index contributed by atoms with van der Waals surface area (Å²) in [6.07, 6.45) is 4.46. The Morgan fingerprint density at radius 3 is 3.12 bits per heavy atom. The molecule has 3 N–H and O–H groups in total. The highest BCUT2D eigenvalue weighted by Crippen LogP contribution is 2.16. The number of hydrogen-bond donors (Lipinski definition) is 2. The number of nitrogens with two attached hydrogens (primary N) is 1. The van der Waals surface area contributed by atoms with E-state index in [0.717, 1.165) is 29.4 Å². The van der Waals surface area contributed by atoms with Crippen LogP contribution >= 0.6 is 11.3 Å². The molecule has 0 unspecified atom stereocenters. The first-order valence-electron chi connectivity index (χ1n) is 5.16. The number of nitrogens with one attached hydrogen (secondary N) is 1. The summed E-state index contributed by atoms with van der Waals surface area (Å²) >= 11 is 1.61. The zero-order valence-corrected chi connectivity index (χ0v) is 9.70. The number of aromatic nitrogens is 2. The maximum atomic E-state index is 5.47. The van der Waals surface area contributed by atoms with E-state index >= 15 is 0 Å². The van der Waals surface area contributed by atoms with Gasteiger partial charge < -0.3 is 11.1 Å². The molecule has 0 saturated heterocycles. The Kier molecular flexibility index (Phi) is 3.85. The third-order valence-electron chi connectivity index (χ3n) is 2.12. The highest BCUT2D eigenvalue weighted by Gasteiger charge is 2.00. The van der Waals surface area contributed by atoms with E-state index in [9.17, 15) is 0 Å². The zero-order chi connectivity index (χ0) is 11.2. The van der Waals surface area contributed by atoms with E-state index in [0.29, 0.717) is 6.54 Å². The van der Waals surface area contributed by atoms with Gasteiger partial charge in [-0.25, -0.2) is 4.98 Å². The second-order valence-electron chi connectivity index (χ2n) is 3.40. The largest absolute Gasteiger partial charge is 0.357 e. The lowest BCUT2D eigenvalue weighted by molar-refractivity contribution is 0.933. The number of nitrogens with zero attached hydrogens (tertiary/aromatic N) is 2. The van der Waals surface area contributed by atoms with Gasteiger partial charge in [-0.2, -0.15) is 0 Å². The van der Waals surface area contributed by atoms with Crippen LogP contribution in [0.4, 0.5) is 5.13 Å². The van der Waals surface area contributed by atoms with Gasteiger partial charge in [0.2, 0.25) is 0 Å². The number of thiazole rings is 1. The average molecular weight is 234 g/mol. The van der Waals surface area contributed by atoms with E-state index < -0.39 is 0 Å². The lowest BCUT2D eigenvalue weighted by atomic mass is 10.3. The average Bonchev–Trinajstić information content (AvgIpc) is 2.76. The van der Waals surface area contributed by atoms with Crippen LogP contribution in [0.25, 0.3) is 0 Å². The van der Waals surface area contributed by atoms with Crippen LogP contribution in [0.3, 0.4) is 0 Å². The van der Waals surface area contributed by atoms with Crippen LogP contribution < -0.4 is 11.1 Å². The minimum atomic E-state index is 0.645. The van der Waals surface area contributed by atoms with E-state index in [1.165, 1.54) is 0 Å². The smallest absolute Gasteiger partial charge is 0.183 e. The number of hydrogen-bond acceptors (Lipinski definition) is 5. The van der Waals surface area contributed by atoms with Gasteiger partial charge in [0.15, 0.2) is 5.13 Å². The second kappa shape index (κ2) is 5.58. The topological polar surface area (TPSA) is 63.8 Å².